The van der Waals surface area contributed by atoms with Gasteiger partial charge in [0.1, 0.15) is 5.82 Å². The molecule has 2 unspecified atom stereocenters. The van der Waals surface area contributed by atoms with Crippen molar-refractivity contribution in [1.82, 2.24) is 9.55 Å². The maximum atomic E-state index is 6.27. The van der Waals surface area contributed by atoms with Gasteiger partial charge in [0.25, 0.3) is 0 Å². The summed E-state index contributed by atoms with van der Waals surface area (Å²) >= 11 is 6.27. The second-order valence-corrected chi connectivity index (χ2v) is 5.56. The van der Waals surface area contributed by atoms with Crippen LogP contribution in [0.1, 0.15) is 37.5 Å². The normalized spacial score (nSPS) is 14.8. The molecule has 1 aromatic carbocycles. The van der Waals surface area contributed by atoms with E-state index in [-0.39, 0.29) is 11.5 Å². The Labute approximate surface area is 119 Å². The van der Waals surface area contributed by atoms with E-state index >= 15 is 0 Å². The molecule has 2 atom stereocenters. The third kappa shape index (κ3) is 2.93. The van der Waals surface area contributed by atoms with Gasteiger partial charge in [-0.25, -0.2) is 4.98 Å². The Morgan fingerprint density at radius 2 is 2.11 bits per heavy atom. The van der Waals surface area contributed by atoms with Crippen LogP contribution in [0, 0.1) is 6.92 Å². The summed E-state index contributed by atoms with van der Waals surface area (Å²) in [7, 11) is 0. The van der Waals surface area contributed by atoms with Crippen molar-refractivity contribution in [3.8, 4) is 0 Å². The van der Waals surface area contributed by atoms with Crippen LogP contribution in [0.3, 0.4) is 0 Å². The van der Waals surface area contributed by atoms with Gasteiger partial charge in [-0.3, -0.25) is 0 Å². The fourth-order valence-corrected chi connectivity index (χ4v) is 2.63. The Morgan fingerprint density at radius 1 is 1.37 bits per heavy atom. The minimum Gasteiger partial charge on any atom is -0.377 e. The van der Waals surface area contributed by atoms with Gasteiger partial charge in [0, 0.05) is 6.61 Å². The molecule has 2 aromatic rings. The fourth-order valence-electron chi connectivity index (χ4n) is 2.47. The van der Waals surface area contributed by atoms with Crippen molar-refractivity contribution < 1.29 is 4.74 Å². The zero-order chi connectivity index (χ0) is 14.0. The number of benzene rings is 1. The standard InChI is InChI=1S/C15H21ClN2O/c1-5-19-11(3)9-18-14-10(2)7-6-8-13(14)17-15(18)12(4)16/h6-8,11-12H,5,9H2,1-4H3. The number of rotatable bonds is 5. The van der Waals surface area contributed by atoms with E-state index in [0.29, 0.717) is 0 Å². The molecule has 104 valence electrons. The molecule has 0 N–H and O–H groups in total. The van der Waals surface area contributed by atoms with E-state index in [2.05, 4.69) is 29.5 Å². The number of hydrogen-bond donors (Lipinski definition) is 0. The van der Waals surface area contributed by atoms with Gasteiger partial charge >= 0.3 is 0 Å². The van der Waals surface area contributed by atoms with E-state index in [1.54, 1.807) is 0 Å². The number of fused-ring (bicyclic) bond motifs is 1. The van der Waals surface area contributed by atoms with Crippen LogP contribution in [0.5, 0.6) is 0 Å². The first kappa shape index (κ1) is 14.4. The molecule has 0 aliphatic rings. The van der Waals surface area contributed by atoms with Crippen LogP contribution in [-0.2, 0) is 11.3 Å². The van der Waals surface area contributed by atoms with Crippen molar-refractivity contribution in [3.05, 3.63) is 29.6 Å². The largest absolute Gasteiger partial charge is 0.377 e. The summed E-state index contributed by atoms with van der Waals surface area (Å²) in [5, 5.41) is -0.111. The zero-order valence-corrected chi connectivity index (χ0v) is 12.7. The van der Waals surface area contributed by atoms with Crippen LogP contribution >= 0.6 is 11.6 Å². The number of nitrogens with zero attached hydrogens (tertiary/aromatic N) is 2. The molecule has 0 aliphatic heterocycles. The fraction of sp³-hybridized carbons (Fsp3) is 0.533. The second kappa shape index (κ2) is 5.93. The molecule has 19 heavy (non-hydrogen) atoms. The molecule has 0 fully saturated rings. The number of para-hydroxylation sites is 1. The van der Waals surface area contributed by atoms with Gasteiger partial charge in [0.05, 0.1) is 29.1 Å². The number of hydrogen-bond acceptors (Lipinski definition) is 2. The topological polar surface area (TPSA) is 27.1 Å². The summed E-state index contributed by atoms with van der Waals surface area (Å²) in [6.07, 6.45) is 0.149. The van der Waals surface area contributed by atoms with Crippen LogP contribution in [0.2, 0.25) is 0 Å². The smallest absolute Gasteiger partial charge is 0.127 e. The third-order valence-electron chi connectivity index (χ3n) is 3.24. The monoisotopic (exact) mass is 280 g/mol. The first-order chi connectivity index (χ1) is 9.04. The minimum atomic E-state index is -0.111. The molecule has 2 rings (SSSR count). The number of aryl methyl sites for hydroxylation is 1. The lowest BCUT2D eigenvalue weighted by molar-refractivity contribution is 0.0642. The Bertz CT molecular complexity index is 563. The second-order valence-electron chi connectivity index (χ2n) is 4.91. The first-order valence-corrected chi connectivity index (χ1v) is 7.19. The van der Waals surface area contributed by atoms with Crippen molar-refractivity contribution >= 4 is 22.6 Å². The number of halogens is 1. The summed E-state index contributed by atoms with van der Waals surface area (Å²) in [4.78, 5) is 4.66. The molecule has 0 aliphatic carbocycles. The van der Waals surface area contributed by atoms with Gasteiger partial charge in [-0.05, 0) is 39.3 Å². The number of aromatic nitrogens is 2. The van der Waals surface area contributed by atoms with Crippen LogP contribution in [0.15, 0.2) is 18.2 Å². The minimum absolute atomic E-state index is 0.111. The van der Waals surface area contributed by atoms with Gasteiger partial charge < -0.3 is 9.30 Å². The van der Waals surface area contributed by atoms with Crippen molar-refractivity contribution in [2.24, 2.45) is 0 Å². The molecule has 1 aromatic heterocycles. The highest BCUT2D eigenvalue weighted by Gasteiger charge is 2.17. The number of imidazole rings is 1. The third-order valence-corrected chi connectivity index (χ3v) is 3.44. The summed E-state index contributed by atoms with van der Waals surface area (Å²) in [6, 6.07) is 6.17. The summed E-state index contributed by atoms with van der Waals surface area (Å²) < 4.78 is 7.84. The average molecular weight is 281 g/mol. The highest BCUT2D eigenvalue weighted by atomic mass is 35.5. The average Bonchev–Trinajstić information content (AvgIpc) is 2.70. The first-order valence-electron chi connectivity index (χ1n) is 6.76. The van der Waals surface area contributed by atoms with Crippen LogP contribution < -0.4 is 0 Å². The maximum absolute atomic E-state index is 6.27. The quantitative estimate of drug-likeness (QED) is 0.772. The number of alkyl halides is 1. The maximum Gasteiger partial charge on any atom is 0.127 e. The van der Waals surface area contributed by atoms with E-state index < -0.39 is 0 Å². The van der Waals surface area contributed by atoms with Gasteiger partial charge in [0.2, 0.25) is 0 Å². The Hall–Kier alpha value is -1.06. The lowest BCUT2D eigenvalue weighted by atomic mass is 10.2. The predicted molar refractivity (Wildman–Crippen MR) is 79.8 cm³/mol. The Balaban J connectivity index is 2.51. The lowest BCUT2D eigenvalue weighted by Gasteiger charge is -2.17. The zero-order valence-electron chi connectivity index (χ0n) is 12.0. The molecule has 0 spiro atoms. The molecular formula is C15H21ClN2O. The highest BCUT2D eigenvalue weighted by molar-refractivity contribution is 6.20. The summed E-state index contributed by atoms with van der Waals surface area (Å²) in [5.74, 6) is 0.914. The SMILES string of the molecule is CCOC(C)Cn1c(C(C)Cl)nc2cccc(C)c21. The molecule has 1 heterocycles. The summed E-state index contributed by atoms with van der Waals surface area (Å²) in [6.45, 7) is 9.66. The van der Waals surface area contributed by atoms with Crippen molar-refractivity contribution in [3.63, 3.8) is 0 Å². The number of ether oxygens (including phenoxy) is 1. The van der Waals surface area contributed by atoms with Crippen molar-refractivity contribution in [1.29, 1.82) is 0 Å². The molecule has 0 saturated heterocycles. The van der Waals surface area contributed by atoms with E-state index in [0.717, 1.165) is 30.0 Å². The van der Waals surface area contributed by atoms with E-state index in [4.69, 9.17) is 16.3 Å². The van der Waals surface area contributed by atoms with E-state index in [9.17, 15) is 0 Å². The van der Waals surface area contributed by atoms with Crippen LogP contribution in [0.25, 0.3) is 11.0 Å². The van der Waals surface area contributed by atoms with Gasteiger partial charge in [-0.2, -0.15) is 0 Å². The van der Waals surface area contributed by atoms with Crippen molar-refractivity contribution in [2.45, 2.75) is 45.7 Å². The van der Waals surface area contributed by atoms with E-state index in [1.165, 1.54) is 5.56 Å². The molecule has 0 bridgehead atoms. The van der Waals surface area contributed by atoms with Gasteiger partial charge in [-0.15, -0.1) is 11.6 Å². The highest BCUT2D eigenvalue weighted by Crippen LogP contribution is 2.27. The molecule has 0 saturated carbocycles. The lowest BCUT2D eigenvalue weighted by Crippen LogP contribution is -2.18. The molecule has 0 amide bonds. The Kier molecular flexibility index (Phi) is 4.48. The van der Waals surface area contributed by atoms with Crippen molar-refractivity contribution in [2.75, 3.05) is 6.61 Å². The van der Waals surface area contributed by atoms with Crippen LogP contribution in [-0.4, -0.2) is 22.3 Å². The van der Waals surface area contributed by atoms with Gasteiger partial charge in [-0.1, -0.05) is 12.1 Å². The van der Waals surface area contributed by atoms with Crippen LogP contribution in [0.4, 0.5) is 0 Å². The summed E-state index contributed by atoms with van der Waals surface area (Å²) in [5.41, 5.74) is 3.39. The van der Waals surface area contributed by atoms with Gasteiger partial charge in [0.15, 0.2) is 0 Å². The predicted octanol–water partition coefficient (Wildman–Crippen LogP) is 4.07. The molecule has 4 heteroatoms. The molecular weight excluding hydrogens is 260 g/mol. The molecule has 0 radical (unpaired) electrons. The van der Waals surface area contributed by atoms with E-state index in [1.807, 2.05) is 26.0 Å². The molecule has 3 nitrogen and oxygen atoms in total. The Morgan fingerprint density at radius 3 is 2.74 bits per heavy atom.